The fourth-order valence-electron chi connectivity index (χ4n) is 2.82. The second kappa shape index (κ2) is 8.89. The number of hydrogen-bond donors (Lipinski definition) is 2. The van der Waals surface area contributed by atoms with Gasteiger partial charge in [0.2, 0.25) is 5.91 Å². The van der Waals surface area contributed by atoms with E-state index >= 15 is 0 Å². The maximum absolute atomic E-state index is 12.0. The lowest BCUT2D eigenvalue weighted by Crippen LogP contribution is -2.38. The summed E-state index contributed by atoms with van der Waals surface area (Å²) in [5.41, 5.74) is 1.10. The molecular weight excluding hydrogens is 294 g/mol. The second-order valence-corrected chi connectivity index (χ2v) is 6.03. The molecule has 0 radical (unpaired) electrons. The Bertz CT molecular complexity index is 506. The largest absolute Gasteiger partial charge is 0.491 e. The van der Waals surface area contributed by atoms with E-state index in [4.69, 9.17) is 4.74 Å². The Balaban J connectivity index is 2.10. The SMILES string of the molecule is CCC(=O)N1CCCCc2ccccc2OC[C@@H](O)[C@@H](O)CC1. The molecule has 2 rings (SSSR count). The number of nitrogens with zero attached hydrogens (tertiary/aromatic N) is 1. The Morgan fingerprint density at radius 2 is 2.00 bits per heavy atom. The van der Waals surface area contributed by atoms with Crippen molar-refractivity contribution in [2.75, 3.05) is 19.7 Å². The van der Waals surface area contributed by atoms with Crippen LogP contribution in [0.4, 0.5) is 0 Å². The van der Waals surface area contributed by atoms with Crippen LogP contribution in [0.2, 0.25) is 0 Å². The summed E-state index contributed by atoms with van der Waals surface area (Å²) in [6.45, 7) is 3.06. The molecule has 1 aromatic rings. The van der Waals surface area contributed by atoms with Crippen molar-refractivity contribution in [2.24, 2.45) is 0 Å². The molecular formula is C18H27NO4. The molecule has 1 amide bonds. The Labute approximate surface area is 137 Å². The lowest BCUT2D eigenvalue weighted by atomic mass is 10.1. The molecule has 128 valence electrons. The van der Waals surface area contributed by atoms with E-state index in [0.717, 1.165) is 30.6 Å². The number of aliphatic hydroxyl groups excluding tert-OH is 2. The molecule has 0 bridgehead atoms. The van der Waals surface area contributed by atoms with Crippen molar-refractivity contribution in [3.8, 4) is 5.75 Å². The van der Waals surface area contributed by atoms with Gasteiger partial charge in [-0.1, -0.05) is 25.1 Å². The van der Waals surface area contributed by atoms with Gasteiger partial charge < -0.3 is 19.8 Å². The molecule has 5 nitrogen and oxygen atoms in total. The quantitative estimate of drug-likeness (QED) is 0.827. The summed E-state index contributed by atoms with van der Waals surface area (Å²) in [4.78, 5) is 13.8. The number of benzene rings is 1. The zero-order valence-electron chi connectivity index (χ0n) is 13.8. The summed E-state index contributed by atoms with van der Waals surface area (Å²) in [6.07, 6.45) is 1.74. The third kappa shape index (κ3) is 5.22. The number of fused-ring (bicyclic) bond motifs is 1. The van der Waals surface area contributed by atoms with E-state index < -0.39 is 12.2 Å². The third-order valence-electron chi connectivity index (χ3n) is 4.30. The number of aryl methyl sites for hydroxylation is 1. The Morgan fingerprint density at radius 1 is 1.22 bits per heavy atom. The van der Waals surface area contributed by atoms with Crippen LogP contribution in [0.5, 0.6) is 5.75 Å². The number of carbonyl (C=O) groups is 1. The van der Waals surface area contributed by atoms with Crippen LogP contribution in [-0.4, -0.2) is 52.9 Å². The number of amides is 1. The van der Waals surface area contributed by atoms with Crippen molar-refractivity contribution in [1.29, 1.82) is 0 Å². The average molecular weight is 321 g/mol. The highest BCUT2D eigenvalue weighted by atomic mass is 16.5. The van der Waals surface area contributed by atoms with Gasteiger partial charge in [0.1, 0.15) is 18.5 Å². The van der Waals surface area contributed by atoms with Crippen molar-refractivity contribution >= 4 is 5.91 Å². The van der Waals surface area contributed by atoms with Gasteiger partial charge in [0.05, 0.1) is 6.10 Å². The first-order chi connectivity index (χ1) is 11.1. The van der Waals surface area contributed by atoms with Crippen molar-refractivity contribution in [3.05, 3.63) is 29.8 Å². The predicted octanol–water partition coefficient (Wildman–Crippen LogP) is 1.75. The molecule has 2 N–H and O–H groups in total. The van der Waals surface area contributed by atoms with Crippen molar-refractivity contribution in [2.45, 2.75) is 51.2 Å². The van der Waals surface area contributed by atoms with Gasteiger partial charge in [-0.2, -0.15) is 0 Å². The highest BCUT2D eigenvalue weighted by Gasteiger charge is 2.21. The van der Waals surface area contributed by atoms with Gasteiger partial charge in [-0.3, -0.25) is 4.79 Å². The zero-order valence-corrected chi connectivity index (χ0v) is 13.8. The van der Waals surface area contributed by atoms with Gasteiger partial charge in [-0.25, -0.2) is 0 Å². The average Bonchev–Trinajstić information content (AvgIpc) is 2.59. The Hall–Kier alpha value is -1.59. The van der Waals surface area contributed by atoms with Gasteiger partial charge in [0.15, 0.2) is 0 Å². The molecule has 5 heteroatoms. The summed E-state index contributed by atoms with van der Waals surface area (Å²) >= 11 is 0. The molecule has 1 aromatic carbocycles. The first kappa shape index (κ1) is 17.8. The monoisotopic (exact) mass is 321 g/mol. The summed E-state index contributed by atoms with van der Waals surface area (Å²) in [7, 11) is 0. The number of aliphatic hydroxyl groups is 2. The Kier molecular flexibility index (Phi) is 6.86. The Morgan fingerprint density at radius 3 is 2.78 bits per heavy atom. The number of ether oxygens (including phenoxy) is 1. The molecule has 0 aromatic heterocycles. The summed E-state index contributed by atoms with van der Waals surface area (Å²) in [6, 6.07) is 7.79. The molecule has 1 heterocycles. The lowest BCUT2D eigenvalue weighted by molar-refractivity contribution is -0.131. The van der Waals surface area contributed by atoms with Crippen LogP contribution in [0.25, 0.3) is 0 Å². The minimum Gasteiger partial charge on any atom is -0.491 e. The number of carbonyl (C=O) groups excluding carboxylic acids is 1. The highest BCUT2D eigenvalue weighted by Crippen LogP contribution is 2.21. The first-order valence-corrected chi connectivity index (χ1v) is 8.46. The second-order valence-electron chi connectivity index (χ2n) is 6.03. The number of hydrogen-bond acceptors (Lipinski definition) is 4. The zero-order chi connectivity index (χ0) is 16.7. The molecule has 0 aliphatic carbocycles. The fraction of sp³-hybridized carbons (Fsp3) is 0.611. The van der Waals surface area contributed by atoms with Gasteiger partial charge >= 0.3 is 0 Å². The van der Waals surface area contributed by atoms with Crippen LogP contribution < -0.4 is 4.74 Å². The molecule has 0 saturated heterocycles. The highest BCUT2D eigenvalue weighted by molar-refractivity contribution is 5.75. The summed E-state index contributed by atoms with van der Waals surface area (Å²) in [5, 5.41) is 20.1. The van der Waals surface area contributed by atoms with E-state index in [2.05, 4.69) is 0 Å². The topological polar surface area (TPSA) is 70.0 Å². The van der Waals surface area contributed by atoms with E-state index in [-0.39, 0.29) is 12.5 Å². The van der Waals surface area contributed by atoms with Crippen LogP contribution in [-0.2, 0) is 11.2 Å². The predicted molar refractivity (Wildman–Crippen MR) is 88.4 cm³/mol. The first-order valence-electron chi connectivity index (χ1n) is 8.46. The van der Waals surface area contributed by atoms with E-state index in [1.807, 2.05) is 31.2 Å². The van der Waals surface area contributed by atoms with Gasteiger partial charge in [0, 0.05) is 19.5 Å². The summed E-state index contributed by atoms with van der Waals surface area (Å²) in [5.74, 6) is 0.859. The molecule has 1 aliphatic rings. The molecule has 0 spiro atoms. The van der Waals surface area contributed by atoms with E-state index in [1.54, 1.807) is 4.90 Å². The smallest absolute Gasteiger partial charge is 0.222 e. The molecule has 2 atom stereocenters. The van der Waals surface area contributed by atoms with Crippen LogP contribution in [0.1, 0.15) is 38.2 Å². The molecule has 23 heavy (non-hydrogen) atoms. The van der Waals surface area contributed by atoms with Crippen molar-refractivity contribution in [1.82, 2.24) is 4.90 Å². The van der Waals surface area contributed by atoms with Crippen molar-refractivity contribution in [3.63, 3.8) is 0 Å². The van der Waals surface area contributed by atoms with Crippen LogP contribution in [0.3, 0.4) is 0 Å². The van der Waals surface area contributed by atoms with Crippen LogP contribution in [0, 0.1) is 0 Å². The van der Waals surface area contributed by atoms with Crippen molar-refractivity contribution < 1.29 is 19.7 Å². The standard InChI is InChI=1S/C18H27NO4/c1-2-18(22)19-11-6-5-8-14-7-3-4-9-17(14)23-13-16(21)15(20)10-12-19/h3-4,7,9,15-16,20-21H,2,5-6,8,10-13H2,1H3/t15-,16+/m0/s1. The van der Waals surface area contributed by atoms with Crippen LogP contribution in [0.15, 0.2) is 24.3 Å². The number of para-hydroxylation sites is 1. The van der Waals surface area contributed by atoms with Gasteiger partial charge in [0.25, 0.3) is 0 Å². The molecule has 0 fully saturated rings. The minimum atomic E-state index is -0.956. The maximum atomic E-state index is 12.0. The van der Waals surface area contributed by atoms with Gasteiger partial charge in [-0.05, 0) is 37.3 Å². The molecule has 0 saturated carbocycles. The lowest BCUT2D eigenvalue weighted by Gasteiger charge is -2.25. The normalized spacial score (nSPS) is 23.7. The van der Waals surface area contributed by atoms with E-state index in [9.17, 15) is 15.0 Å². The molecule has 0 unspecified atom stereocenters. The fourth-order valence-corrected chi connectivity index (χ4v) is 2.82. The van der Waals surface area contributed by atoms with E-state index in [0.29, 0.717) is 25.9 Å². The maximum Gasteiger partial charge on any atom is 0.222 e. The van der Waals surface area contributed by atoms with E-state index in [1.165, 1.54) is 0 Å². The van der Waals surface area contributed by atoms with Crippen LogP contribution >= 0.6 is 0 Å². The molecule has 1 aliphatic heterocycles. The minimum absolute atomic E-state index is 0.0555. The van der Waals surface area contributed by atoms with Gasteiger partial charge in [-0.15, -0.1) is 0 Å². The third-order valence-corrected chi connectivity index (χ3v) is 4.30. The summed E-state index contributed by atoms with van der Waals surface area (Å²) < 4.78 is 5.69. The number of rotatable bonds is 1.